The number of rotatable bonds is 3. The van der Waals surface area contributed by atoms with Crippen molar-refractivity contribution in [3.8, 4) is 11.1 Å². The lowest BCUT2D eigenvalue weighted by atomic mass is 9.99. The van der Waals surface area contributed by atoms with Gasteiger partial charge in [0.2, 0.25) is 0 Å². The van der Waals surface area contributed by atoms with Gasteiger partial charge in [0.15, 0.2) is 0 Å². The Morgan fingerprint density at radius 2 is 1.45 bits per heavy atom. The fourth-order valence-corrected chi connectivity index (χ4v) is 2.12. The summed E-state index contributed by atoms with van der Waals surface area (Å²) >= 11 is 0. The summed E-state index contributed by atoms with van der Waals surface area (Å²) in [5.41, 5.74) is -0.0633. The molecular weight excluding hydrogens is 306 g/mol. The van der Waals surface area contributed by atoms with Gasteiger partial charge in [-0.25, -0.2) is 13.2 Å². The molecule has 0 spiro atoms. The molecule has 2 aromatic rings. The van der Waals surface area contributed by atoms with Gasteiger partial charge in [0, 0.05) is 17.5 Å². The predicted molar refractivity (Wildman–Crippen MR) is 70.9 cm³/mol. The lowest BCUT2D eigenvalue weighted by Gasteiger charge is -2.11. The summed E-state index contributed by atoms with van der Waals surface area (Å²) in [5.74, 6) is -2.87. The zero-order chi connectivity index (χ0) is 16.5. The molecule has 0 aliphatic rings. The molecule has 0 saturated heterocycles. The highest BCUT2D eigenvalue weighted by molar-refractivity contribution is 5.65. The first-order chi connectivity index (χ1) is 10.2. The maximum atomic E-state index is 13.9. The van der Waals surface area contributed by atoms with Gasteiger partial charge < -0.3 is 0 Å². The van der Waals surface area contributed by atoms with Crippen LogP contribution in [0.1, 0.15) is 17.5 Å². The highest BCUT2D eigenvalue weighted by Crippen LogP contribution is 2.29. The van der Waals surface area contributed by atoms with Crippen molar-refractivity contribution in [2.24, 2.45) is 0 Å². The Labute approximate surface area is 123 Å². The number of hydrogen-bond donors (Lipinski definition) is 0. The molecule has 0 heterocycles. The largest absolute Gasteiger partial charge is 0.389 e. The van der Waals surface area contributed by atoms with Crippen LogP contribution in [0.2, 0.25) is 0 Å². The lowest BCUT2D eigenvalue weighted by molar-refractivity contribution is -0.134. The molecule has 0 radical (unpaired) electrons. The Morgan fingerprint density at radius 3 is 1.95 bits per heavy atom. The molecule has 0 atom stereocenters. The Bertz CT molecular complexity index is 665. The Balaban J connectivity index is 2.37. The molecule has 0 aliphatic heterocycles. The summed E-state index contributed by atoms with van der Waals surface area (Å²) in [4.78, 5) is 0. The van der Waals surface area contributed by atoms with Gasteiger partial charge in [0.25, 0.3) is 0 Å². The molecule has 22 heavy (non-hydrogen) atoms. The van der Waals surface area contributed by atoms with Gasteiger partial charge in [0.05, 0.1) is 0 Å². The van der Waals surface area contributed by atoms with Crippen LogP contribution in [0, 0.1) is 24.4 Å². The van der Waals surface area contributed by atoms with E-state index in [0.717, 1.165) is 12.1 Å². The van der Waals surface area contributed by atoms with Crippen molar-refractivity contribution < 1.29 is 26.3 Å². The quantitative estimate of drug-likeness (QED) is 0.649. The minimum absolute atomic E-state index is 0.00855. The van der Waals surface area contributed by atoms with E-state index in [-0.39, 0.29) is 11.1 Å². The Morgan fingerprint density at radius 1 is 0.864 bits per heavy atom. The lowest BCUT2D eigenvalue weighted by Crippen LogP contribution is -2.10. The van der Waals surface area contributed by atoms with Crippen LogP contribution in [0.25, 0.3) is 11.1 Å². The number of aryl methyl sites for hydroxylation is 1. The number of benzene rings is 2. The van der Waals surface area contributed by atoms with E-state index < -0.39 is 42.0 Å². The van der Waals surface area contributed by atoms with Gasteiger partial charge >= 0.3 is 6.18 Å². The van der Waals surface area contributed by atoms with Crippen LogP contribution in [0.3, 0.4) is 0 Å². The first-order valence-corrected chi connectivity index (χ1v) is 6.48. The van der Waals surface area contributed by atoms with Gasteiger partial charge in [-0.3, -0.25) is 0 Å². The van der Waals surface area contributed by atoms with E-state index in [1.54, 1.807) is 13.0 Å². The van der Waals surface area contributed by atoms with Crippen LogP contribution >= 0.6 is 0 Å². The molecule has 0 aliphatic carbocycles. The van der Waals surface area contributed by atoms with Gasteiger partial charge in [-0.05, 0) is 42.7 Å². The molecule has 0 nitrogen and oxygen atoms in total. The standard InChI is InChI=1S/C16H12F6/c1-9-2-3-11(13(17)6-9)10-7-14(18)12(15(19)8-10)4-5-16(20,21)22/h2-3,6-8H,4-5H2,1H3. The number of hydrogen-bond acceptors (Lipinski definition) is 0. The highest BCUT2D eigenvalue weighted by atomic mass is 19.4. The van der Waals surface area contributed by atoms with Crippen molar-refractivity contribution in [1.29, 1.82) is 0 Å². The van der Waals surface area contributed by atoms with E-state index >= 15 is 0 Å². The second-order valence-electron chi connectivity index (χ2n) is 5.02. The normalized spacial score (nSPS) is 11.8. The van der Waals surface area contributed by atoms with Crippen LogP contribution < -0.4 is 0 Å². The monoisotopic (exact) mass is 318 g/mol. The van der Waals surface area contributed by atoms with Gasteiger partial charge in [-0.1, -0.05) is 12.1 Å². The molecule has 2 rings (SSSR count). The average Bonchev–Trinajstić information content (AvgIpc) is 2.36. The van der Waals surface area contributed by atoms with Crippen molar-refractivity contribution in [1.82, 2.24) is 0 Å². The maximum absolute atomic E-state index is 13.9. The molecule has 118 valence electrons. The summed E-state index contributed by atoms with van der Waals surface area (Å²) < 4.78 is 78.0. The second-order valence-corrected chi connectivity index (χ2v) is 5.02. The van der Waals surface area contributed by atoms with Gasteiger partial charge in [-0.15, -0.1) is 0 Å². The first-order valence-electron chi connectivity index (χ1n) is 6.48. The van der Waals surface area contributed by atoms with Crippen molar-refractivity contribution in [2.75, 3.05) is 0 Å². The third kappa shape index (κ3) is 3.81. The summed E-state index contributed by atoms with van der Waals surface area (Å²) in [6.07, 6.45) is -6.61. The maximum Gasteiger partial charge on any atom is 0.389 e. The van der Waals surface area contributed by atoms with Crippen LogP contribution in [0.15, 0.2) is 30.3 Å². The highest BCUT2D eigenvalue weighted by Gasteiger charge is 2.28. The molecule has 0 saturated carbocycles. The molecule has 0 bridgehead atoms. The minimum Gasteiger partial charge on any atom is -0.207 e. The number of alkyl halides is 3. The van der Waals surface area contributed by atoms with E-state index in [9.17, 15) is 26.3 Å². The third-order valence-electron chi connectivity index (χ3n) is 3.24. The second kappa shape index (κ2) is 6.02. The fraction of sp³-hybridized carbons (Fsp3) is 0.250. The van der Waals surface area contributed by atoms with E-state index in [1.165, 1.54) is 12.1 Å². The van der Waals surface area contributed by atoms with Crippen molar-refractivity contribution in [3.05, 3.63) is 58.9 Å². The van der Waals surface area contributed by atoms with E-state index in [4.69, 9.17) is 0 Å². The molecule has 0 unspecified atom stereocenters. The summed E-state index contributed by atoms with van der Waals surface area (Å²) in [5, 5.41) is 0. The zero-order valence-electron chi connectivity index (χ0n) is 11.6. The topological polar surface area (TPSA) is 0 Å². The molecule has 0 amide bonds. The Kier molecular flexibility index (Phi) is 4.49. The van der Waals surface area contributed by atoms with Crippen LogP contribution in [-0.4, -0.2) is 6.18 Å². The van der Waals surface area contributed by atoms with E-state index in [1.807, 2.05) is 0 Å². The summed E-state index contributed by atoms with van der Waals surface area (Å²) in [6, 6.07) is 5.85. The smallest absolute Gasteiger partial charge is 0.207 e. The minimum atomic E-state index is -4.50. The van der Waals surface area contributed by atoms with Crippen molar-refractivity contribution >= 4 is 0 Å². The zero-order valence-corrected chi connectivity index (χ0v) is 11.6. The summed E-state index contributed by atoms with van der Waals surface area (Å²) in [6.45, 7) is 1.66. The van der Waals surface area contributed by atoms with Crippen LogP contribution in [-0.2, 0) is 6.42 Å². The van der Waals surface area contributed by atoms with Crippen LogP contribution in [0.5, 0.6) is 0 Å². The molecule has 2 aromatic carbocycles. The SMILES string of the molecule is Cc1ccc(-c2cc(F)c(CCC(F)(F)F)c(F)c2)c(F)c1. The Hall–Kier alpha value is -1.98. The summed E-state index contributed by atoms with van der Waals surface area (Å²) in [7, 11) is 0. The van der Waals surface area contributed by atoms with Crippen molar-refractivity contribution in [2.45, 2.75) is 25.9 Å². The fourth-order valence-electron chi connectivity index (χ4n) is 2.12. The van der Waals surface area contributed by atoms with Crippen molar-refractivity contribution in [3.63, 3.8) is 0 Å². The predicted octanol–water partition coefficient (Wildman–Crippen LogP) is 5.57. The third-order valence-corrected chi connectivity index (χ3v) is 3.24. The molecule has 6 heteroatoms. The van der Waals surface area contributed by atoms with Crippen LogP contribution in [0.4, 0.5) is 26.3 Å². The van der Waals surface area contributed by atoms with Gasteiger partial charge in [-0.2, -0.15) is 13.2 Å². The molecule has 0 N–H and O–H groups in total. The first kappa shape index (κ1) is 16.4. The molecule has 0 aromatic heterocycles. The van der Waals surface area contributed by atoms with E-state index in [2.05, 4.69) is 0 Å². The van der Waals surface area contributed by atoms with E-state index in [0.29, 0.717) is 5.56 Å². The average molecular weight is 318 g/mol. The van der Waals surface area contributed by atoms with Gasteiger partial charge in [0.1, 0.15) is 17.5 Å². The molecule has 0 fully saturated rings. The number of halogens is 6. The molecular formula is C16H12F6.